The smallest absolute Gasteiger partial charge is 0.156 e. The van der Waals surface area contributed by atoms with Crippen molar-refractivity contribution in [3.63, 3.8) is 0 Å². The predicted molar refractivity (Wildman–Crippen MR) is 68.8 cm³/mol. The fraction of sp³-hybridized carbons (Fsp3) is 0.143. The minimum atomic E-state index is -0.895. The van der Waals surface area contributed by atoms with Crippen LogP contribution in [-0.4, -0.2) is 0 Å². The normalized spacial score (nSPS) is 12.5. The van der Waals surface area contributed by atoms with E-state index >= 15 is 0 Å². The van der Waals surface area contributed by atoms with Crippen molar-refractivity contribution >= 4 is 5.69 Å². The number of nitrogen functional groups attached to an aromatic ring is 1. The Balaban J connectivity index is 2.55. The number of nitrogens with two attached hydrogens (primary N) is 2. The van der Waals surface area contributed by atoms with Gasteiger partial charge in [0.05, 0.1) is 0 Å². The molecule has 19 heavy (non-hydrogen) atoms. The van der Waals surface area contributed by atoms with Crippen LogP contribution in [0.15, 0.2) is 30.3 Å². The zero-order chi connectivity index (χ0) is 14.2. The highest BCUT2D eigenvalue weighted by atomic mass is 19.1. The van der Waals surface area contributed by atoms with E-state index in [0.29, 0.717) is 5.56 Å². The van der Waals surface area contributed by atoms with Gasteiger partial charge in [-0.05, 0) is 30.7 Å². The highest BCUT2D eigenvalue weighted by Crippen LogP contribution is 2.30. The summed E-state index contributed by atoms with van der Waals surface area (Å²) in [6, 6.07) is 5.98. The van der Waals surface area contributed by atoms with Crippen LogP contribution in [0.25, 0.3) is 11.1 Å². The molecule has 0 saturated heterocycles. The Morgan fingerprint density at radius 1 is 1.00 bits per heavy atom. The zero-order valence-electron chi connectivity index (χ0n) is 10.3. The molecule has 0 heterocycles. The molecule has 0 aromatic heterocycles. The van der Waals surface area contributed by atoms with E-state index in [2.05, 4.69) is 0 Å². The average Bonchev–Trinajstić information content (AvgIpc) is 2.35. The molecule has 0 radical (unpaired) electrons. The minimum absolute atomic E-state index is 0.0500. The maximum atomic E-state index is 13.8. The lowest BCUT2D eigenvalue weighted by atomic mass is 10.00. The summed E-state index contributed by atoms with van der Waals surface area (Å²) in [5, 5.41) is 0. The summed E-state index contributed by atoms with van der Waals surface area (Å²) in [5.74, 6) is -2.27. The Hall–Kier alpha value is -2.01. The zero-order valence-corrected chi connectivity index (χ0v) is 10.3. The van der Waals surface area contributed by atoms with Crippen molar-refractivity contribution in [1.82, 2.24) is 0 Å². The van der Waals surface area contributed by atoms with Gasteiger partial charge in [-0.2, -0.15) is 0 Å². The molecule has 2 rings (SSSR count). The topological polar surface area (TPSA) is 52.0 Å². The van der Waals surface area contributed by atoms with Gasteiger partial charge >= 0.3 is 0 Å². The maximum Gasteiger partial charge on any atom is 0.156 e. The number of halogens is 3. The van der Waals surface area contributed by atoms with E-state index < -0.39 is 29.2 Å². The lowest BCUT2D eigenvalue weighted by Gasteiger charge is -2.10. The van der Waals surface area contributed by atoms with Crippen molar-refractivity contribution in [1.29, 1.82) is 0 Å². The Morgan fingerprint density at radius 3 is 2.26 bits per heavy atom. The van der Waals surface area contributed by atoms with Crippen LogP contribution >= 0.6 is 0 Å². The van der Waals surface area contributed by atoms with Gasteiger partial charge in [0, 0.05) is 17.2 Å². The lowest BCUT2D eigenvalue weighted by molar-refractivity contribution is 0.590. The minimum Gasteiger partial charge on any atom is -0.394 e. The van der Waals surface area contributed by atoms with Gasteiger partial charge in [0.15, 0.2) is 5.82 Å². The Bertz CT molecular complexity index is 624. The highest BCUT2D eigenvalue weighted by Gasteiger charge is 2.14. The molecule has 0 fully saturated rings. The fourth-order valence-corrected chi connectivity index (χ4v) is 1.86. The second-order valence-corrected chi connectivity index (χ2v) is 4.35. The number of anilines is 1. The van der Waals surface area contributed by atoms with Gasteiger partial charge in [0.1, 0.15) is 17.3 Å². The molecule has 4 N–H and O–H groups in total. The third-order valence-corrected chi connectivity index (χ3v) is 2.93. The predicted octanol–water partition coefficient (Wildman–Crippen LogP) is 3.37. The second kappa shape index (κ2) is 4.93. The molecule has 0 aliphatic heterocycles. The molecule has 1 unspecified atom stereocenters. The van der Waals surface area contributed by atoms with Gasteiger partial charge in [-0.1, -0.05) is 12.1 Å². The first kappa shape index (κ1) is 13.4. The summed E-state index contributed by atoms with van der Waals surface area (Å²) in [6.07, 6.45) is 0. The van der Waals surface area contributed by atoms with E-state index in [4.69, 9.17) is 11.5 Å². The summed E-state index contributed by atoms with van der Waals surface area (Å²) in [4.78, 5) is 0. The van der Waals surface area contributed by atoms with Crippen LogP contribution in [0.1, 0.15) is 18.5 Å². The molecule has 2 aromatic carbocycles. The lowest BCUT2D eigenvalue weighted by Crippen LogP contribution is -2.07. The van der Waals surface area contributed by atoms with Gasteiger partial charge in [0.2, 0.25) is 0 Å². The van der Waals surface area contributed by atoms with Crippen LogP contribution in [0, 0.1) is 17.5 Å². The van der Waals surface area contributed by atoms with Crippen molar-refractivity contribution in [2.24, 2.45) is 5.73 Å². The highest BCUT2D eigenvalue weighted by molar-refractivity contribution is 5.69. The SMILES string of the molecule is CC(N)c1ccc(-c2ccc(F)c(N)c2F)cc1F. The maximum absolute atomic E-state index is 13.8. The molecule has 0 aliphatic rings. The third kappa shape index (κ3) is 2.42. The summed E-state index contributed by atoms with van der Waals surface area (Å²) >= 11 is 0. The Labute approximate surface area is 108 Å². The van der Waals surface area contributed by atoms with E-state index in [1.54, 1.807) is 6.92 Å². The molecule has 2 nitrogen and oxygen atoms in total. The van der Waals surface area contributed by atoms with Crippen molar-refractivity contribution in [2.75, 3.05) is 5.73 Å². The molecule has 1 atom stereocenters. The van der Waals surface area contributed by atoms with Crippen LogP contribution < -0.4 is 11.5 Å². The number of benzene rings is 2. The monoisotopic (exact) mass is 266 g/mol. The van der Waals surface area contributed by atoms with Crippen molar-refractivity contribution in [2.45, 2.75) is 13.0 Å². The molecule has 5 heteroatoms. The molecule has 100 valence electrons. The van der Waals surface area contributed by atoms with Crippen LogP contribution in [0.5, 0.6) is 0 Å². The second-order valence-electron chi connectivity index (χ2n) is 4.35. The molecular weight excluding hydrogens is 253 g/mol. The summed E-state index contributed by atoms with van der Waals surface area (Å²) < 4.78 is 40.7. The Kier molecular flexibility index (Phi) is 3.48. The first-order chi connectivity index (χ1) is 8.91. The fourth-order valence-electron chi connectivity index (χ4n) is 1.86. The van der Waals surface area contributed by atoms with Gasteiger partial charge in [-0.25, -0.2) is 13.2 Å². The van der Waals surface area contributed by atoms with Crippen molar-refractivity contribution < 1.29 is 13.2 Å². The molecule has 0 amide bonds. The first-order valence-electron chi connectivity index (χ1n) is 5.70. The quantitative estimate of drug-likeness (QED) is 0.819. The van der Waals surface area contributed by atoms with Crippen LogP contribution in [0.4, 0.5) is 18.9 Å². The van der Waals surface area contributed by atoms with E-state index in [9.17, 15) is 13.2 Å². The molecular formula is C14H13F3N2. The van der Waals surface area contributed by atoms with E-state index in [0.717, 1.165) is 12.1 Å². The standard InChI is InChI=1S/C14H13F3N2/c1-7(18)9-3-2-8(6-12(9)16)10-4-5-11(15)14(19)13(10)17/h2-7H,18-19H2,1H3. The molecule has 0 aliphatic carbocycles. The molecule has 0 saturated carbocycles. The summed E-state index contributed by atoms with van der Waals surface area (Å²) in [7, 11) is 0. The van der Waals surface area contributed by atoms with Gasteiger partial charge in [-0.3, -0.25) is 0 Å². The van der Waals surface area contributed by atoms with Gasteiger partial charge in [0.25, 0.3) is 0 Å². The average molecular weight is 266 g/mol. The van der Waals surface area contributed by atoms with Crippen molar-refractivity contribution in [3.05, 3.63) is 53.3 Å². The largest absolute Gasteiger partial charge is 0.394 e. The molecule has 2 aromatic rings. The number of hydrogen-bond donors (Lipinski definition) is 2. The summed E-state index contributed by atoms with van der Waals surface area (Å²) in [6.45, 7) is 1.65. The van der Waals surface area contributed by atoms with E-state index in [-0.39, 0.29) is 11.1 Å². The van der Waals surface area contributed by atoms with Gasteiger partial charge < -0.3 is 11.5 Å². The van der Waals surface area contributed by atoms with Crippen LogP contribution in [0.3, 0.4) is 0 Å². The van der Waals surface area contributed by atoms with Crippen molar-refractivity contribution in [3.8, 4) is 11.1 Å². The third-order valence-electron chi connectivity index (χ3n) is 2.93. The van der Waals surface area contributed by atoms with Crippen LogP contribution in [-0.2, 0) is 0 Å². The molecule has 0 bridgehead atoms. The number of hydrogen-bond acceptors (Lipinski definition) is 2. The molecule has 0 spiro atoms. The van der Waals surface area contributed by atoms with Gasteiger partial charge in [-0.15, -0.1) is 0 Å². The number of rotatable bonds is 2. The Morgan fingerprint density at radius 2 is 1.68 bits per heavy atom. The van der Waals surface area contributed by atoms with E-state index in [1.807, 2.05) is 0 Å². The first-order valence-corrected chi connectivity index (χ1v) is 5.70. The van der Waals surface area contributed by atoms with Crippen LogP contribution in [0.2, 0.25) is 0 Å². The summed E-state index contributed by atoms with van der Waals surface area (Å²) in [5.41, 5.74) is 11.0. The van der Waals surface area contributed by atoms with E-state index in [1.165, 1.54) is 18.2 Å².